The monoisotopic (exact) mass is 688 g/mol. The van der Waals surface area contributed by atoms with E-state index < -0.39 is 14.5 Å². The Labute approximate surface area is 267 Å². The molecule has 3 aromatic heterocycles. The average Bonchev–Trinajstić information content (AvgIpc) is 2.93. The first-order valence-electron chi connectivity index (χ1n) is 13.3. The maximum absolute atomic E-state index is 9.75. The zero-order valence-corrected chi connectivity index (χ0v) is 25.1. The zero-order chi connectivity index (χ0) is 31.6. The van der Waals surface area contributed by atoms with Gasteiger partial charge in [-0.3, -0.25) is 24.8 Å². The van der Waals surface area contributed by atoms with Crippen LogP contribution in [0.5, 0.6) is 0 Å². The van der Waals surface area contributed by atoms with Crippen molar-refractivity contribution in [2.75, 3.05) is 13.1 Å². The molecule has 0 amide bonds. The van der Waals surface area contributed by atoms with Gasteiger partial charge < -0.3 is 40.0 Å². The first kappa shape index (κ1) is 41.6. The van der Waals surface area contributed by atoms with Gasteiger partial charge in [-0.2, -0.15) is 0 Å². The summed E-state index contributed by atoms with van der Waals surface area (Å²) in [6.07, 6.45) is 6.66. The number of hydrogen-bond acceptors (Lipinski definition) is 5. The standard InChI is InChI=1S/C28H31N5.2BF4.Co.H2O/c1-2-11-25(12-3-1)21-32(22-26-13-4-7-16-29-26)19-10-20-33(23-27-14-5-8-17-30-27)24-28-15-6-9-18-31-28;2*2-1(3,4)5;;/h1-9,11-18H,10,19-24H2;;;;1H2/q;2*-1;+2;. The summed E-state index contributed by atoms with van der Waals surface area (Å²) in [4.78, 5) is 18.5. The molecular weight excluding hydrogens is 655 g/mol. The molecule has 0 aliphatic rings. The number of aromatic nitrogens is 3. The van der Waals surface area contributed by atoms with E-state index in [0.29, 0.717) is 0 Å². The third kappa shape index (κ3) is 23.6. The van der Waals surface area contributed by atoms with Gasteiger partial charge in [0.05, 0.1) is 17.1 Å². The van der Waals surface area contributed by atoms with E-state index in [2.05, 4.69) is 91.5 Å². The third-order valence-electron chi connectivity index (χ3n) is 5.53. The Balaban J connectivity index is 0.00000141. The molecule has 2 N–H and O–H groups in total. The van der Waals surface area contributed by atoms with Crippen molar-refractivity contribution in [1.82, 2.24) is 24.8 Å². The normalized spacial score (nSPS) is 10.9. The van der Waals surface area contributed by atoms with Gasteiger partial charge in [0, 0.05) is 57.9 Å². The van der Waals surface area contributed by atoms with Gasteiger partial charge in [-0.15, -0.1) is 0 Å². The Morgan fingerprint density at radius 3 is 1.09 bits per heavy atom. The van der Waals surface area contributed by atoms with E-state index in [-0.39, 0.29) is 22.3 Å². The molecule has 0 aliphatic carbocycles. The molecule has 0 unspecified atom stereocenters. The van der Waals surface area contributed by atoms with E-state index in [1.54, 1.807) is 0 Å². The number of halogens is 8. The van der Waals surface area contributed by atoms with Crippen LogP contribution in [0.25, 0.3) is 0 Å². The second-order valence-corrected chi connectivity index (χ2v) is 9.21. The molecule has 1 aromatic carbocycles. The molecule has 1 radical (unpaired) electrons. The summed E-state index contributed by atoms with van der Waals surface area (Å²) in [5.74, 6) is 0. The first-order valence-corrected chi connectivity index (χ1v) is 13.3. The van der Waals surface area contributed by atoms with Gasteiger partial charge in [-0.1, -0.05) is 48.5 Å². The van der Waals surface area contributed by atoms with Crippen LogP contribution in [0.3, 0.4) is 0 Å². The van der Waals surface area contributed by atoms with Crippen molar-refractivity contribution in [3.8, 4) is 0 Å². The van der Waals surface area contributed by atoms with Crippen LogP contribution in [-0.2, 0) is 43.0 Å². The van der Waals surface area contributed by atoms with Gasteiger partial charge in [0.25, 0.3) is 0 Å². The van der Waals surface area contributed by atoms with Crippen LogP contribution in [0.1, 0.15) is 29.1 Å². The van der Waals surface area contributed by atoms with Gasteiger partial charge in [0.2, 0.25) is 0 Å². The van der Waals surface area contributed by atoms with Crippen LogP contribution < -0.4 is 0 Å². The average molecular weight is 688 g/mol. The number of benzene rings is 1. The molecule has 0 aliphatic heterocycles. The second kappa shape index (κ2) is 22.2. The Bertz CT molecular complexity index is 1080. The molecule has 0 fully saturated rings. The maximum Gasteiger partial charge on any atom is 2.00 e. The molecule has 4 aromatic rings. The molecule has 0 saturated carbocycles. The van der Waals surface area contributed by atoms with Crippen LogP contribution in [-0.4, -0.2) is 57.8 Å². The molecule has 6 nitrogen and oxygen atoms in total. The van der Waals surface area contributed by atoms with Crippen LogP contribution >= 0.6 is 0 Å². The maximum atomic E-state index is 9.75. The Kier molecular flexibility index (Phi) is 20.5. The molecule has 45 heavy (non-hydrogen) atoms. The quantitative estimate of drug-likeness (QED) is 0.122. The topological polar surface area (TPSA) is 76.7 Å². The van der Waals surface area contributed by atoms with Gasteiger partial charge in [0.1, 0.15) is 0 Å². The Morgan fingerprint density at radius 2 is 0.778 bits per heavy atom. The largest absolute Gasteiger partial charge is 2.00 e. The fourth-order valence-corrected chi connectivity index (χ4v) is 3.95. The number of rotatable bonds is 12. The third-order valence-corrected chi connectivity index (χ3v) is 5.53. The molecule has 4 rings (SSSR count). The predicted octanol–water partition coefficient (Wildman–Crippen LogP) is 6.74. The van der Waals surface area contributed by atoms with Crippen molar-refractivity contribution in [2.24, 2.45) is 0 Å². The summed E-state index contributed by atoms with van der Waals surface area (Å²) in [5, 5.41) is 0. The van der Waals surface area contributed by atoms with E-state index in [1.165, 1.54) is 5.56 Å². The Hall–Kier alpha value is -3.37. The number of nitrogens with zero attached hydrogens (tertiary/aromatic N) is 5. The van der Waals surface area contributed by atoms with Crippen molar-refractivity contribution in [2.45, 2.75) is 32.6 Å². The van der Waals surface area contributed by atoms with Crippen molar-refractivity contribution < 1.29 is 56.8 Å². The summed E-state index contributed by atoms with van der Waals surface area (Å²) in [6.45, 7) is 5.36. The van der Waals surface area contributed by atoms with Crippen LogP contribution in [0, 0.1) is 0 Å². The molecular formula is C28H33B2CoF8N5O. The Morgan fingerprint density at radius 1 is 0.467 bits per heavy atom. The minimum atomic E-state index is -6.00. The summed E-state index contributed by atoms with van der Waals surface area (Å²) in [5.41, 5.74) is 4.60. The van der Waals surface area contributed by atoms with E-state index in [4.69, 9.17) is 0 Å². The van der Waals surface area contributed by atoms with Gasteiger partial charge >= 0.3 is 31.3 Å². The van der Waals surface area contributed by atoms with Crippen molar-refractivity contribution in [1.29, 1.82) is 0 Å². The van der Waals surface area contributed by atoms with E-state index in [0.717, 1.165) is 62.8 Å². The van der Waals surface area contributed by atoms with Crippen LogP contribution in [0.15, 0.2) is 104 Å². The number of hydrogen-bond donors (Lipinski definition) is 0. The molecule has 0 spiro atoms. The molecule has 0 atom stereocenters. The van der Waals surface area contributed by atoms with Crippen molar-refractivity contribution in [3.05, 3.63) is 126 Å². The van der Waals surface area contributed by atoms with E-state index in [9.17, 15) is 34.5 Å². The first-order chi connectivity index (χ1) is 20.3. The van der Waals surface area contributed by atoms with E-state index >= 15 is 0 Å². The van der Waals surface area contributed by atoms with Crippen LogP contribution in [0.4, 0.5) is 34.5 Å². The zero-order valence-electron chi connectivity index (χ0n) is 24.0. The fourth-order valence-electron chi connectivity index (χ4n) is 3.95. The summed E-state index contributed by atoms with van der Waals surface area (Å²) in [7, 11) is -12.0. The molecule has 17 heteroatoms. The minimum absolute atomic E-state index is 0. The molecule has 0 saturated heterocycles. The van der Waals surface area contributed by atoms with Gasteiger partial charge in [-0.25, -0.2) is 0 Å². The smallest absolute Gasteiger partial charge is 0.418 e. The molecule has 3 heterocycles. The molecule has 247 valence electrons. The summed E-state index contributed by atoms with van der Waals surface area (Å²) >= 11 is 0. The number of pyridine rings is 3. The van der Waals surface area contributed by atoms with Gasteiger partial charge in [0.15, 0.2) is 0 Å². The van der Waals surface area contributed by atoms with Crippen LogP contribution in [0.2, 0.25) is 0 Å². The SMILES string of the molecule is F[B-](F)(F)F.F[B-](F)(F)F.O.[Co+2].c1ccc(CN(CCCN(Cc2ccccn2)Cc2ccccn2)Cc2ccccn2)cc1. The second-order valence-electron chi connectivity index (χ2n) is 9.21. The van der Waals surface area contributed by atoms with Crippen molar-refractivity contribution in [3.63, 3.8) is 0 Å². The minimum Gasteiger partial charge on any atom is -0.418 e. The summed E-state index contributed by atoms with van der Waals surface area (Å²) < 4.78 is 78.0. The van der Waals surface area contributed by atoms with Crippen molar-refractivity contribution >= 4 is 14.5 Å². The van der Waals surface area contributed by atoms with E-state index in [1.807, 2.05) is 36.8 Å². The fraction of sp³-hybridized carbons (Fsp3) is 0.250. The molecule has 0 bridgehead atoms. The summed E-state index contributed by atoms with van der Waals surface area (Å²) in [6, 6.07) is 29.0. The predicted molar refractivity (Wildman–Crippen MR) is 156 cm³/mol. The van der Waals surface area contributed by atoms with Gasteiger partial charge in [-0.05, 0) is 48.4 Å².